The summed E-state index contributed by atoms with van der Waals surface area (Å²) in [7, 11) is 0. The number of rotatable bonds is 8. The lowest BCUT2D eigenvalue weighted by molar-refractivity contribution is -0.118. The summed E-state index contributed by atoms with van der Waals surface area (Å²) in [5.41, 5.74) is 11.9. The molecule has 1 aromatic heterocycles. The molecule has 0 unspecified atom stereocenters. The fourth-order valence-electron chi connectivity index (χ4n) is 1.72. The van der Waals surface area contributed by atoms with Gasteiger partial charge in [-0.3, -0.25) is 4.79 Å². The molecule has 0 saturated heterocycles. The molecule has 1 aromatic rings. The Labute approximate surface area is 102 Å². The number of aromatic nitrogens is 1. The molecule has 4 heteroatoms. The minimum Gasteiger partial charge on any atom is -0.383 e. The molecule has 0 radical (unpaired) electrons. The first-order valence-electron chi connectivity index (χ1n) is 6.15. The maximum absolute atomic E-state index is 11.7. The summed E-state index contributed by atoms with van der Waals surface area (Å²) < 4.78 is 0. The standard InChI is InChI=1S/C13H21N3O/c14-8-4-2-1-3-7-12(17)10-11-6-5-9-16-13(11)15/h5-6,9H,1-4,7-8,10,14H2,(H2,15,16). The Morgan fingerprint density at radius 3 is 2.71 bits per heavy atom. The Morgan fingerprint density at radius 1 is 1.24 bits per heavy atom. The molecule has 4 nitrogen and oxygen atoms in total. The van der Waals surface area contributed by atoms with E-state index in [1.165, 1.54) is 0 Å². The summed E-state index contributed by atoms with van der Waals surface area (Å²) in [5, 5.41) is 0. The number of anilines is 1. The topological polar surface area (TPSA) is 82.0 Å². The third kappa shape index (κ3) is 5.45. The molecular formula is C13H21N3O. The Bertz CT molecular complexity index is 352. The molecular weight excluding hydrogens is 214 g/mol. The molecule has 1 heterocycles. The quantitative estimate of drug-likeness (QED) is 0.672. The zero-order valence-electron chi connectivity index (χ0n) is 10.2. The molecule has 0 fully saturated rings. The first-order valence-corrected chi connectivity index (χ1v) is 6.15. The van der Waals surface area contributed by atoms with Crippen LogP contribution in [0.4, 0.5) is 5.82 Å². The molecule has 0 atom stereocenters. The third-order valence-corrected chi connectivity index (χ3v) is 2.72. The van der Waals surface area contributed by atoms with Crippen molar-refractivity contribution in [1.29, 1.82) is 0 Å². The molecule has 17 heavy (non-hydrogen) atoms. The van der Waals surface area contributed by atoms with E-state index in [0.717, 1.165) is 37.8 Å². The van der Waals surface area contributed by atoms with Gasteiger partial charge in [-0.1, -0.05) is 18.9 Å². The first-order chi connectivity index (χ1) is 8.24. The lowest BCUT2D eigenvalue weighted by Crippen LogP contribution is -2.06. The maximum Gasteiger partial charge on any atom is 0.137 e. The monoisotopic (exact) mass is 235 g/mol. The molecule has 0 bridgehead atoms. The normalized spacial score (nSPS) is 10.4. The second-order valence-electron chi connectivity index (χ2n) is 4.22. The summed E-state index contributed by atoms with van der Waals surface area (Å²) >= 11 is 0. The van der Waals surface area contributed by atoms with Crippen LogP contribution in [0.2, 0.25) is 0 Å². The van der Waals surface area contributed by atoms with Gasteiger partial charge in [0.25, 0.3) is 0 Å². The van der Waals surface area contributed by atoms with Gasteiger partial charge in [-0.25, -0.2) is 4.98 Å². The van der Waals surface area contributed by atoms with Crippen LogP contribution in [0.25, 0.3) is 0 Å². The van der Waals surface area contributed by atoms with Crippen LogP contribution in [0.3, 0.4) is 0 Å². The van der Waals surface area contributed by atoms with Gasteiger partial charge in [0.15, 0.2) is 0 Å². The van der Waals surface area contributed by atoms with Crippen molar-refractivity contribution >= 4 is 11.6 Å². The number of hydrogen-bond acceptors (Lipinski definition) is 4. The highest BCUT2D eigenvalue weighted by Gasteiger charge is 2.06. The highest BCUT2D eigenvalue weighted by Crippen LogP contribution is 2.11. The number of Topliss-reactive ketones (excluding diaryl/α,β-unsaturated/α-hetero) is 1. The van der Waals surface area contributed by atoms with Crippen LogP contribution in [0.15, 0.2) is 18.3 Å². The number of nitrogens with zero attached hydrogens (tertiary/aromatic N) is 1. The van der Waals surface area contributed by atoms with Crippen molar-refractivity contribution in [2.75, 3.05) is 12.3 Å². The van der Waals surface area contributed by atoms with Gasteiger partial charge < -0.3 is 11.5 Å². The lowest BCUT2D eigenvalue weighted by atomic mass is 10.0. The third-order valence-electron chi connectivity index (χ3n) is 2.72. The number of nitrogen functional groups attached to an aromatic ring is 1. The fraction of sp³-hybridized carbons (Fsp3) is 0.538. The van der Waals surface area contributed by atoms with E-state index in [4.69, 9.17) is 11.5 Å². The van der Waals surface area contributed by atoms with Gasteiger partial charge in [0.2, 0.25) is 0 Å². The van der Waals surface area contributed by atoms with Gasteiger partial charge in [0.05, 0.1) is 0 Å². The molecule has 0 aliphatic carbocycles. The van der Waals surface area contributed by atoms with E-state index < -0.39 is 0 Å². The van der Waals surface area contributed by atoms with Crippen molar-refractivity contribution in [2.45, 2.75) is 38.5 Å². The zero-order chi connectivity index (χ0) is 12.5. The summed E-state index contributed by atoms with van der Waals surface area (Å²) in [5.74, 6) is 0.696. The molecule has 1 rings (SSSR count). The second kappa shape index (κ2) is 7.79. The van der Waals surface area contributed by atoms with Crippen molar-refractivity contribution in [2.24, 2.45) is 5.73 Å². The Balaban J connectivity index is 2.23. The molecule has 0 amide bonds. The van der Waals surface area contributed by atoms with Gasteiger partial charge in [0, 0.05) is 24.6 Å². The van der Waals surface area contributed by atoms with Crippen LogP contribution in [-0.4, -0.2) is 17.3 Å². The number of pyridine rings is 1. The number of unbranched alkanes of at least 4 members (excludes halogenated alkanes) is 3. The molecule has 0 aliphatic heterocycles. The second-order valence-corrected chi connectivity index (χ2v) is 4.22. The maximum atomic E-state index is 11.7. The molecule has 0 saturated carbocycles. The predicted molar refractivity (Wildman–Crippen MR) is 69.5 cm³/mol. The number of carbonyl (C=O) groups is 1. The Morgan fingerprint density at radius 2 is 2.00 bits per heavy atom. The number of ketones is 1. The Hall–Kier alpha value is -1.42. The van der Waals surface area contributed by atoms with Crippen molar-refractivity contribution in [1.82, 2.24) is 4.98 Å². The van der Waals surface area contributed by atoms with Crippen molar-refractivity contribution in [3.63, 3.8) is 0 Å². The summed E-state index contributed by atoms with van der Waals surface area (Å²) in [4.78, 5) is 15.7. The van der Waals surface area contributed by atoms with Crippen LogP contribution in [0, 0.1) is 0 Å². The minimum atomic E-state index is 0.234. The zero-order valence-corrected chi connectivity index (χ0v) is 10.2. The van der Waals surface area contributed by atoms with E-state index in [0.29, 0.717) is 18.7 Å². The SMILES string of the molecule is NCCCCCCC(=O)Cc1cccnc1N. The number of hydrogen-bond donors (Lipinski definition) is 2. The van der Waals surface area contributed by atoms with E-state index in [1.807, 2.05) is 6.07 Å². The van der Waals surface area contributed by atoms with Crippen molar-refractivity contribution in [3.05, 3.63) is 23.9 Å². The average molecular weight is 235 g/mol. The summed E-state index contributed by atoms with van der Waals surface area (Å²) in [6.45, 7) is 0.736. The van der Waals surface area contributed by atoms with Gasteiger partial charge in [-0.05, 0) is 25.5 Å². The fourth-order valence-corrected chi connectivity index (χ4v) is 1.72. The van der Waals surface area contributed by atoms with Crippen LogP contribution in [0.5, 0.6) is 0 Å². The Kier molecular flexibility index (Phi) is 6.25. The first kappa shape index (κ1) is 13.6. The van der Waals surface area contributed by atoms with Crippen LogP contribution in [0.1, 0.15) is 37.7 Å². The van der Waals surface area contributed by atoms with Gasteiger partial charge in [0.1, 0.15) is 11.6 Å². The van der Waals surface area contributed by atoms with Gasteiger partial charge >= 0.3 is 0 Å². The van der Waals surface area contributed by atoms with Gasteiger partial charge in [-0.15, -0.1) is 0 Å². The largest absolute Gasteiger partial charge is 0.383 e. The average Bonchev–Trinajstić information content (AvgIpc) is 2.32. The molecule has 0 aromatic carbocycles. The van der Waals surface area contributed by atoms with E-state index in [9.17, 15) is 4.79 Å². The molecule has 0 aliphatic rings. The van der Waals surface area contributed by atoms with E-state index in [-0.39, 0.29) is 5.78 Å². The molecule has 94 valence electrons. The number of nitrogens with two attached hydrogens (primary N) is 2. The predicted octanol–water partition coefficient (Wildman–Crippen LogP) is 1.68. The van der Waals surface area contributed by atoms with Gasteiger partial charge in [-0.2, -0.15) is 0 Å². The summed E-state index contributed by atoms with van der Waals surface area (Å²) in [6, 6.07) is 3.66. The lowest BCUT2D eigenvalue weighted by Gasteiger charge is -2.03. The highest BCUT2D eigenvalue weighted by atomic mass is 16.1. The highest BCUT2D eigenvalue weighted by molar-refractivity contribution is 5.81. The smallest absolute Gasteiger partial charge is 0.137 e. The summed E-state index contributed by atoms with van der Waals surface area (Å²) in [6.07, 6.45) is 6.83. The van der Waals surface area contributed by atoms with Crippen LogP contribution >= 0.6 is 0 Å². The number of carbonyl (C=O) groups excluding carboxylic acids is 1. The van der Waals surface area contributed by atoms with Crippen molar-refractivity contribution in [3.8, 4) is 0 Å². The van der Waals surface area contributed by atoms with E-state index >= 15 is 0 Å². The van der Waals surface area contributed by atoms with E-state index in [2.05, 4.69) is 4.98 Å². The van der Waals surface area contributed by atoms with Crippen LogP contribution < -0.4 is 11.5 Å². The van der Waals surface area contributed by atoms with Crippen LogP contribution in [-0.2, 0) is 11.2 Å². The minimum absolute atomic E-state index is 0.234. The van der Waals surface area contributed by atoms with E-state index in [1.54, 1.807) is 12.3 Å². The molecule has 0 spiro atoms. The molecule has 4 N–H and O–H groups in total. The van der Waals surface area contributed by atoms with Crippen molar-refractivity contribution < 1.29 is 4.79 Å².